The first-order valence-corrected chi connectivity index (χ1v) is 11.9. The van der Waals surface area contributed by atoms with Crippen LogP contribution in [0.2, 0.25) is 0 Å². The van der Waals surface area contributed by atoms with Crippen molar-refractivity contribution in [2.24, 2.45) is 0 Å². The van der Waals surface area contributed by atoms with Crippen LogP contribution in [-0.2, 0) is 9.47 Å². The Morgan fingerprint density at radius 3 is 2.48 bits per heavy atom. The highest BCUT2D eigenvalue weighted by Crippen LogP contribution is 2.32. The lowest BCUT2D eigenvalue weighted by Gasteiger charge is -2.16. The standard InChI is InChI=1S/C26H30N2O4S/c1-18(30)26-27-13-14-28(26)22(15-29)10-5-19-3-6-20(7-4-19)21-8-11-23(12-9-21)33-25-17-32-16-24(25)31-2/h3-14,18,22,24-25,29-30H,15-17H2,1-2H3/b10-5+/t18-,22-,24+,25?/m0/s1. The second kappa shape index (κ2) is 11.1. The van der Waals surface area contributed by atoms with Crippen molar-refractivity contribution in [3.8, 4) is 11.1 Å². The third-order valence-electron chi connectivity index (χ3n) is 5.79. The lowest BCUT2D eigenvalue weighted by atomic mass is 10.0. The summed E-state index contributed by atoms with van der Waals surface area (Å²) in [4.78, 5) is 5.39. The molecule has 1 aromatic heterocycles. The number of hydrogen-bond donors (Lipinski definition) is 2. The molecule has 6 nitrogen and oxygen atoms in total. The van der Waals surface area contributed by atoms with Crippen molar-refractivity contribution in [2.45, 2.75) is 35.3 Å². The van der Waals surface area contributed by atoms with Gasteiger partial charge in [-0.15, -0.1) is 11.8 Å². The van der Waals surface area contributed by atoms with Crippen LogP contribution in [0.15, 0.2) is 71.9 Å². The Kier molecular flexibility index (Phi) is 8.01. The van der Waals surface area contributed by atoms with Crippen molar-refractivity contribution in [3.63, 3.8) is 0 Å². The molecule has 1 saturated heterocycles. The van der Waals surface area contributed by atoms with Gasteiger partial charge in [0, 0.05) is 24.4 Å². The zero-order valence-corrected chi connectivity index (χ0v) is 19.7. The van der Waals surface area contributed by atoms with Crippen molar-refractivity contribution in [2.75, 3.05) is 26.9 Å². The Morgan fingerprint density at radius 1 is 1.15 bits per heavy atom. The van der Waals surface area contributed by atoms with Gasteiger partial charge < -0.3 is 24.3 Å². The highest BCUT2D eigenvalue weighted by atomic mass is 32.2. The SMILES string of the molecule is CO[C@@H]1COCC1Sc1ccc(-c2ccc(/C=C/[C@@H](CO)n3ccnc3[C@H](C)O)cc2)cc1. The van der Waals surface area contributed by atoms with Gasteiger partial charge in [-0.05, 0) is 35.7 Å². The molecular weight excluding hydrogens is 436 g/mol. The van der Waals surface area contributed by atoms with E-state index in [1.54, 1.807) is 42.8 Å². The van der Waals surface area contributed by atoms with E-state index in [1.807, 2.05) is 12.2 Å². The first kappa shape index (κ1) is 23.7. The summed E-state index contributed by atoms with van der Waals surface area (Å²) < 4.78 is 12.8. The predicted molar refractivity (Wildman–Crippen MR) is 131 cm³/mol. The molecule has 1 fully saturated rings. The molecule has 1 aliphatic heterocycles. The smallest absolute Gasteiger partial charge is 0.137 e. The van der Waals surface area contributed by atoms with Crippen LogP contribution >= 0.6 is 11.8 Å². The second-order valence-corrected chi connectivity index (χ2v) is 9.40. The van der Waals surface area contributed by atoms with Gasteiger partial charge >= 0.3 is 0 Å². The first-order chi connectivity index (χ1) is 16.1. The molecule has 1 aliphatic rings. The van der Waals surface area contributed by atoms with Crippen molar-refractivity contribution < 1.29 is 19.7 Å². The molecule has 0 aliphatic carbocycles. The molecule has 0 spiro atoms. The fraction of sp³-hybridized carbons (Fsp3) is 0.346. The van der Waals surface area contributed by atoms with Crippen molar-refractivity contribution in [1.82, 2.24) is 9.55 Å². The summed E-state index contributed by atoms with van der Waals surface area (Å²) in [7, 11) is 1.74. The molecule has 0 saturated carbocycles. The zero-order valence-electron chi connectivity index (χ0n) is 18.9. The van der Waals surface area contributed by atoms with E-state index < -0.39 is 6.10 Å². The fourth-order valence-electron chi connectivity index (χ4n) is 3.92. The zero-order chi connectivity index (χ0) is 23.2. The fourth-order valence-corrected chi connectivity index (χ4v) is 5.07. The maximum absolute atomic E-state index is 9.87. The van der Waals surface area contributed by atoms with Crippen LogP contribution in [0.5, 0.6) is 0 Å². The highest BCUT2D eigenvalue weighted by Gasteiger charge is 2.28. The Balaban J connectivity index is 1.41. The number of methoxy groups -OCH3 is 1. The van der Waals surface area contributed by atoms with Crippen molar-refractivity contribution in [3.05, 3.63) is 78.4 Å². The molecule has 0 amide bonds. The van der Waals surface area contributed by atoms with E-state index in [-0.39, 0.29) is 18.8 Å². The Morgan fingerprint density at radius 2 is 1.85 bits per heavy atom. The summed E-state index contributed by atoms with van der Waals surface area (Å²) in [6.45, 7) is 2.97. The van der Waals surface area contributed by atoms with Gasteiger partial charge in [-0.25, -0.2) is 4.98 Å². The van der Waals surface area contributed by atoms with Gasteiger partial charge in [-0.1, -0.05) is 48.6 Å². The number of thioether (sulfide) groups is 1. The molecule has 4 rings (SSSR count). The van der Waals surface area contributed by atoms with Gasteiger partial charge in [-0.3, -0.25) is 0 Å². The minimum absolute atomic E-state index is 0.0763. The molecule has 1 unspecified atom stereocenters. The largest absolute Gasteiger partial charge is 0.394 e. The van der Waals surface area contributed by atoms with Gasteiger partial charge in [0.15, 0.2) is 0 Å². The monoisotopic (exact) mass is 466 g/mol. The van der Waals surface area contributed by atoms with Crippen LogP contribution in [0.4, 0.5) is 0 Å². The van der Waals surface area contributed by atoms with Crippen LogP contribution in [0.3, 0.4) is 0 Å². The van der Waals surface area contributed by atoms with Crippen LogP contribution < -0.4 is 0 Å². The molecule has 7 heteroatoms. The lowest BCUT2D eigenvalue weighted by molar-refractivity contribution is 0.0835. The van der Waals surface area contributed by atoms with E-state index in [9.17, 15) is 10.2 Å². The number of aromatic nitrogens is 2. The Labute approximate surface area is 198 Å². The average molecular weight is 467 g/mol. The number of rotatable bonds is 9. The topological polar surface area (TPSA) is 76.7 Å². The Bertz CT molecular complexity index is 1050. The number of nitrogens with zero attached hydrogens (tertiary/aromatic N) is 2. The Hall–Kier alpha value is -2.42. The second-order valence-electron chi connectivity index (χ2n) is 8.09. The lowest BCUT2D eigenvalue weighted by Crippen LogP contribution is -2.22. The van der Waals surface area contributed by atoms with Crippen LogP contribution in [0.1, 0.15) is 30.5 Å². The molecule has 33 heavy (non-hydrogen) atoms. The molecule has 4 atom stereocenters. The van der Waals surface area contributed by atoms with Gasteiger partial charge in [0.1, 0.15) is 11.9 Å². The van der Waals surface area contributed by atoms with E-state index >= 15 is 0 Å². The van der Waals surface area contributed by atoms with E-state index in [4.69, 9.17) is 9.47 Å². The normalized spacial score (nSPS) is 20.4. The number of benzene rings is 2. The quantitative estimate of drug-likeness (QED) is 0.488. The van der Waals surface area contributed by atoms with Gasteiger partial charge in [-0.2, -0.15) is 0 Å². The molecule has 0 bridgehead atoms. The van der Waals surface area contributed by atoms with Gasteiger partial charge in [0.2, 0.25) is 0 Å². The van der Waals surface area contributed by atoms with Crippen LogP contribution in [-0.4, -0.2) is 58.0 Å². The summed E-state index contributed by atoms with van der Waals surface area (Å²) in [6.07, 6.45) is 6.76. The first-order valence-electron chi connectivity index (χ1n) is 11.1. The molecule has 2 N–H and O–H groups in total. The van der Waals surface area contributed by atoms with Crippen LogP contribution in [0.25, 0.3) is 17.2 Å². The number of aliphatic hydroxyl groups is 2. The van der Waals surface area contributed by atoms with E-state index in [2.05, 4.69) is 53.5 Å². The third kappa shape index (κ3) is 5.75. The predicted octanol–water partition coefficient (Wildman–Crippen LogP) is 4.36. The molecule has 174 valence electrons. The maximum atomic E-state index is 9.87. The highest BCUT2D eigenvalue weighted by molar-refractivity contribution is 8.00. The maximum Gasteiger partial charge on any atom is 0.137 e. The summed E-state index contributed by atoms with van der Waals surface area (Å²) in [5, 5.41) is 20.0. The van der Waals surface area contributed by atoms with E-state index in [0.29, 0.717) is 17.7 Å². The van der Waals surface area contributed by atoms with Crippen molar-refractivity contribution >= 4 is 17.8 Å². The molecule has 0 radical (unpaired) electrons. The number of hydrogen-bond acceptors (Lipinski definition) is 6. The molecular formula is C26H30N2O4S. The van der Waals surface area contributed by atoms with Gasteiger partial charge in [0.05, 0.1) is 37.2 Å². The summed E-state index contributed by atoms with van der Waals surface area (Å²) in [5.41, 5.74) is 3.34. The van der Waals surface area contributed by atoms with E-state index in [0.717, 1.165) is 23.3 Å². The summed E-state index contributed by atoms with van der Waals surface area (Å²) in [5.74, 6) is 0.536. The number of ether oxygens (including phenoxy) is 2. The number of imidazole rings is 1. The minimum Gasteiger partial charge on any atom is -0.394 e. The summed E-state index contributed by atoms with van der Waals surface area (Å²) >= 11 is 1.80. The van der Waals surface area contributed by atoms with Crippen molar-refractivity contribution in [1.29, 1.82) is 0 Å². The average Bonchev–Trinajstić information content (AvgIpc) is 3.50. The van der Waals surface area contributed by atoms with Gasteiger partial charge in [0.25, 0.3) is 0 Å². The van der Waals surface area contributed by atoms with E-state index in [1.165, 1.54) is 4.90 Å². The van der Waals surface area contributed by atoms with Crippen LogP contribution in [0, 0.1) is 0 Å². The number of aliphatic hydroxyl groups excluding tert-OH is 2. The third-order valence-corrected chi connectivity index (χ3v) is 7.08. The minimum atomic E-state index is -0.695. The molecule has 2 aromatic carbocycles. The molecule has 3 aromatic rings. The summed E-state index contributed by atoms with van der Waals surface area (Å²) in [6, 6.07) is 16.6. The molecule has 2 heterocycles.